The molecule has 19 heavy (non-hydrogen) atoms. The zero-order chi connectivity index (χ0) is 14.0. The van der Waals surface area contributed by atoms with Crippen molar-refractivity contribution in [2.75, 3.05) is 20.1 Å². The number of Topliss-reactive ketones (excluding diaryl/α,β-unsaturated/α-hetero) is 1. The van der Waals surface area contributed by atoms with Gasteiger partial charge >= 0.3 is 0 Å². The monoisotopic (exact) mass is 280 g/mol. The van der Waals surface area contributed by atoms with E-state index in [2.05, 4.69) is 5.32 Å². The van der Waals surface area contributed by atoms with E-state index < -0.39 is 0 Å². The summed E-state index contributed by atoms with van der Waals surface area (Å²) in [6.07, 6.45) is 1.82. The molecule has 0 spiro atoms. The second-order valence-electron chi connectivity index (χ2n) is 4.99. The Bertz CT molecular complexity index is 496. The zero-order valence-corrected chi connectivity index (χ0v) is 12.5. The van der Waals surface area contributed by atoms with Crippen LogP contribution in [0.3, 0.4) is 0 Å². The average molecular weight is 280 g/mol. The fraction of sp³-hybridized carbons (Fsp3) is 0.571. The number of thiophene rings is 1. The van der Waals surface area contributed by atoms with E-state index in [1.807, 2.05) is 24.8 Å². The topological polar surface area (TPSA) is 49.4 Å². The zero-order valence-electron chi connectivity index (χ0n) is 11.7. The van der Waals surface area contributed by atoms with E-state index in [-0.39, 0.29) is 17.7 Å². The summed E-state index contributed by atoms with van der Waals surface area (Å²) >= 11 is 1.65. The van der Waals surface area contributed by atoms with Crippen LogP contribution in [-0.2, 0) is 4.79 Å². The second-order valence-corrected chi connectivity index (χ2v) is 6.45. The summed E-state index contributed by atoms with van der Waals surface area (Å²) in [5, 5.41) is 2.68. The molecule has 1 amide bonds. The van der Waals surface area contributed by atoms with E-state index in [0.717, 1.165) is 34.7 Å². The molecule has 0 radical (unpaired) electrons. The molecule has 1 saturated heterocycles. The van der Waals surface area contributed by atoms with Gasteiger partial charge < -0.3 is 5.32 Å². The van der Waals surface area contributed by atoms with Crippen molar-refractivity contribution in [3.8, 4) is 0 Å². The van der Waals surface area contributed by atoms with Crippen molar-refractivity contribution in [2.24, 2.45) is 0 Å². The van der Waals surface area contributed by atoms with Gasteiger partial charge in [-0.15, -0.1) is 11.3 Å². The van der Waals surface area contributed by atoms with Crippen LogP contribution in [-0.4, -0.2) is 42.8 Å². The Morgan fingerprint density at radius 3 is 2.79 bits per heavy atom. The Morgan fingerprint density at radius 2 is 2.21 bits per heavy atom. The highest BCUT2D eigenvalue weighted by Gasteiger charge is 2.31. The van der Waals surface area contributed by atoms with Crippen molar-refractivity contribution in [3.63, 3.8) is 0 Å². The van der Waals surface area contributed by atoms with Crippen LogP contribution >= 0.6 is 11.3 Å². The molecule has 2 rings (SSSR count). The Kier molecular flexibility index (Phi) is 4.37. The third-order valence-corrected chi connectivity index (χ3v) is 4.57. The molecule has 1 fully saturated rings. The standard InChI is InChI=1S/C14H20N2O2S/c1-9-7-11(10(2)19-9)13(17)8-16-6-4-5-12(16)14(18)15-3/h7,12H,4-6,8H2,1-3H3,(H,15,18). The maximum Gasteiger partial charge on any atom is 0.237 e. The maximum absolute atomic E-state index is 12.3. The van der Waals surface area contributed by atoms with Crippen molar-refractivity contribution < 1.29 is 9.59 Å². The minimum absolute atomic E-state index is 0.0171. The number of ketones is 1. The lowest BCUT2D eigenvalue weighted by Crippen LogP contribution is -2.44. The van der Waals surface area contributed by atoms with E-state index in [1.54, 1.807) is 18.4 Å². The first kappa shape index (κ1) is 14.2. The number of carbonyl (C=O) groups is 2. The highest BCUT2D eigenvalue weighted by atomic mass is 32.1. The summed E-state index contributed by atoms with van der Waals surface area (Å²) in [7, 11) is 1.65. The van der Waals surface area contributed by atoms with Gasteiger partial charge in [0.2, 0.25) is 5.91 Å². The SMILES string of the molecule is CNC(=O)C1CCCN1CC(=O)c1cc(C)sc1C. The van der Waals surface area contributed by atoms with E-state index in [4.69, 9.17) is 0 Å². The lowest BCUT2D eigenvalue weighted by molar-refractivity contribution is -0.124. The van der Waals surface area contributed by atoms with Crippen LogP contribution in [0.5, 0.6) is 0 Å². The molecule has 1 unspecified atom stereocenters. The Balaban J connectivity index is 2.06. The van der Waals surface area contributed by atoms with Crippen LogP contribution in [0.15, 0.2) is 6.07 Å². The third kappa shape index (κ3) is 3.04. The van der Waals surface area contributed by atoms with Crippen molar-refractivity contribution in [1.29, 1.82) is 0 Å². The van der Waals surface area contributed by atoms with Gasteiger partial charge in [-0.3, -0.25) is 14.5 Å². The predicted octanol–water partition coefficient (Wildman–Crippen LogP) is 1.76. The van der Waals surface area contributed by atoms with Gasteiger partial charge in [0.15, 0.2) is 5.78 Å². The number of nitrogens with zero attached hydrogens (tertiary/aromatic N) is 1. The van der Waals surface area contributed by atoms with E-state index in [1.165, 1.54) is 0 Å². The quantitative estimate of drug-likeness (QED) is 0.855. The van der Waals surface area contributed by atoms with Crippen LogP contribution < -0.4 is 5.32 Å². The minimum Gasteiger partial charge on any atom is -0.358 e. The number of carbonyl (C=O) groups excluding carboxylic acids is 2. The molecule has 1 aromatic rings. The molecule has 0 saturated carbocycles. The number of hydrogen-bond acceptors (Lipinski definition) is 4. The van der Waals surface area contributed by atoms with E-state index in [0.29, 0.717) is 6.54 Å². The fourth-order valence-electron chi connectivity index (χ4n) is 2.66. The van der Waals surface area contributed by atoms with Crippen LogP contribution in [0.25, 0.3) is 0 Å². The van der Waals surface area contributed by atoms with Gasteiger partial charge in [-0.25, -0.2) is 0 Å². The summed E-state index contributed by atoms with van der Waals surface area (Å²) in [6.45, 7) is 5.16. The second kappa shape index (κ2) is 5.84. The average Bonchev–Trinajstić information content (AvgIpc) is 2.95. The Morgan fingerprint density at radius 1 is 1.47 bits per heavy atom. The van der Waals surface area contributed by atoms with Crippen molar-refractivity contribution in [2.45, 2.75) is 32.7 Å². The normalized spacial score (nSPS) is 19.6. The van der Waals surface area contributed by atoms with Gasteiger partial charge in [0.05, 0.1) is 12.6 Å². The summed E-state index contributed by atoms with van der Waals surface area (Å²) in [5.74, 6) is 0.140. The van der Waals surface area contributed by atoms with Gasteiger partial charge in [-0.1, -0.05) is 0 Å². The molecule has 4 nitrogen and oxygen atoms in total. The highest BCUT2D eigenvalue weighted by Crippen LogP contribution is 2.23. The smallest absolute Gasteiger partial charge is 0.237 e. The molecule has 1 aromatic heterocycles. The Labute approximate surface area is 117 Å². The third-order valence-electron chi connectivity index (χ3n) is 3.60. The van der Waals surface area contributed by atoms with Gasteiger partial charge in [0, 0.05) is 22.4 Å². The molecular formula is C14H20N2O2S. The molecule has 1 aliphatic rings. The van der Waals surface area contributed by atoms with Crippen LogP contribution in [0.1, 0.15) is 33.0 Å². The number of likely N-dealkylation sites (N-methyl/N-ethyl adjacent to an activating group) is 1. The number of nitrogens with one attached hydrogen (secondary N) is 1. The van der Waals surface area contributed by atoms with Crippen molar-refractivity contribution in [1.82, 2.24) is 10.2 Å². The van der Waals surface area contributed by atoms with Gasteiger partial charge in [0.25, 0.3) is 0 Å². The molecule has 0 bridgehead atoms. The molecule has 1 atom stereocenters. The van der Waals surface area contributed by atoms with Crippen LogP contribution in [0.2, 0.25) is 0 Å². The molecule has 0 aromatic carbocycles. The molecular weight excluding hydrogens is 260 g/mol. The molecule has 1 aliphatic heterocycles. The lowest BCUT2D eigenvalue weighted by Gasteiger charge is -2.22. The van der Waals surface area contributed by atoms with Crippen molar-refractivity contribution in [3.05, 3.63) is 21.4 Å². The molecule has 1 N–H and O–H groups in total. The van der Waals surface area contributed by atoms with Gasteiger partial charge in [-0.05, 0) is 39.3 Å². The number of amides is 1. The summed E-state index contributed by atoms with van der Waals surface area (Å²) in [4.78, 5) is 28.3. The molecule has 5 heteroatoms. The maximum atomic E-state index is 12.3. The van der Waals surface area contributed by atoms with E-state index >= 15 is 0 Å². The highest BCUT2D eigenvalue weighted by molar-refractivity contribution is 7.12. The van der Waals surface area contributed by atoms with E-state index in [9.17, 15) is 9.59 Å². The number of aryl methyl sites for hydroxylation is 2. The number of hydrogen-bond donors (Lipinski definition) is 1. The minimum atomic E-state index is -0.144. The summed E-state index contributed by atoms with van der Waals surface area (Å²) < 4.78 is 0. The van der Waals surface area contributed by atoms with Gasteiger partial charge in [-0.2, -0.15) is 0 Å². The Hall–Kier alpha value is -1.20. The fourth-order valence-corrected chi connectivity index (χ4v) is 3.60. The molecule has 2 heterocycles. The van der Waals surface area contributed by atoms with Crippen molar-refractivity contribution >= 4 is 23.0 Å². The first-order valence-electron chi connectivity index (χ1n) is 6.58. The molecule has 104 valence electrons. The largest absolute Gasteiger partial charge is 0.358 e. The van der Waals surface area contributed by atoms with Gasteiger partial charge in [0.1, 0.15) is 0 Å². The lowest BCUT2D eigenvalue weighted by atomic mass is 10.1. The van der Waals surface area contributed by atoms with Crippen LogP contribution in [0, 0.1) is 13.8 Å². The summed E-state index contributed by atoms with van der Waals surface area (Å²) in [6, 6.07) is 1.81. The first-order chi connectivity index (χ1) is 9.02. The first-order valence-corrected chi connectivity index (χ1v) is 7.40. The van der Waals surface area contributed by atoms with Crippen LogP contribution in [0.4, 0.5) is 0 Å². The number of likely N-dealkylation sites (tertiary alicyclic amines) is 1. The molecule has 0 aliphatic carbocycles. The summed E-state index contributed by atoms with van der Waals surface area (Å²) in [5.41, 5.74) is 0.810. The predicted molar refractivity (Wildman–Crippen MR) is 76.8 cm³/mol. The number of rotatable bonds is 4.